The zero-order valence-corrected chi connectivity index (χ0v) is 10.4. The van der Waals surface area contributed by atoms with Crippen molar-refractivity contribution in [2.45, 2.75) is 19.4 Å². The average molecular weight is 233 g/mol. The minimum atomic E-state index is -0.0761. The summed E-state index contributed by atoms with van der Waals surface area (Å²) >= 11 is 0. The van der Waals surface area contributed by atoms with E-state index in [1.165, 1.54) is 12.7 Å². The van der Waals surface area contributed by atoms with Crippen molar-refractivity contribution >= 4 is 5.97 Å². The average Bonchev–Trinajstić information content (AvgIpc) is 2.87. The van der Waals surface area contributed by atoms with Crippen LogP contribution in [-0.2, 0) is 9.53 Å². The zero-order valence-electron chi connectivity index (χ0n) is 10.4. The number of carbonyl (C=O) groups excluding carboxylic acids is 1. The fourth-order valence-corrected chi connectivity index (χ4v) is 2.44. The Morgan fingerprint density at radius 1 is 1.41 bits per heavy atom. The van der Waals surface area contributed by atoms with Gasteiger partial charge < -0.3 is 4.74 Å². The fraction of sp³-hybridized carbons (Fsp3) is 0.500. The highest BCUT2D eigenvalue weighted by Crippen LogP contribution is 2.27. The molecule has 0 saturated carbocycles. The van der Waals surface area contributed by atoms with Gasteiger partial charge in [0.15, 0.2) is 0 Å². The van der Waals surface area contributed by atoms with Gasteiger partial charge in [-0.05, 0) is 25.5 Å². The quantitative estimate of drug-likeness (QED) is 0.750. The lowest BCUT2D eigenvalue weighted by Gasteiger charge is -2.24. The van der Waals surface area contributed by atoms with Crippen LogP contribution in [0.15, 0.2) is 30.3 Å². The van der Waals surface area contributed by atoms with E-state index in [1.807, 2.05) is 6.07 Å². The van der Waals surface area contributed by atoms with Gasteiger partial charge in [0, 0.05) is 12.6 Å². The molecule has 3 heteroatoms. The molecule has 0 aromatic heterocycles. The summed E-state index contributed by atoms with van der Waals surface area (Å²) in [7, 11) is 1.46. The van der Waals surface area contributed by atoms with Crippen molar-refractivity contribution in [3.63, 3.8) is 0 Å². The molecule has 0 aliphatic carbocycles. The van der Waals surface area contributed by atoms with Gasteiger partial charge in [-0.25, -0.2) is 0 Å². The number of likely N-dealkylation sites (tertiary alicyclic amines) is 1. The van der Waals surface area contributed by atoms with Crippen molar-refractivity contribution in [2.24, 2.45) is 5.92 Å². The Hall–Kier alpha value is -1.35. The molecule has 1 aliphatic heterocycles. The van der Waals surface area contributed by atoms with Crippen LogP contribution in [0, 0.1) is 5.92 Å². The molecule has 1 unspecified atom stereocenters. The number of nitrogens with zero attached hydrogens (tertiary/aromatic N) is 1. The van der Waals surface area contributed by atoms with Gasteiger partial charge in [-0.2, -0.15) is 0 Å². The Balaban J connectivity index is 1.99. The predicted octanol–water partition coefficient (Wildman–Crippen LogP) is 2.24. The Labute approximate surface area is 102 Å². The highest BCUT2D eigenvalue weighted by atomic mass is 16.5. The van der Waals surface area contributed by atoms with E-state index in [9.17, 15) is 4.79 Å². The number of hydrogen-bond donors (Lipinski definition) is 0. The third-order valence-corrected chi connectivity index (χ3v) is 3.58. The van der Waals surface area contributed by atoms with Crippen LogP contribution in [0.4, 0.5) is 0 Å². The van der Waals surface area contributed by atoms with Crippen molar-refractivity contribution in [1.29, 1.82) is 0 Å². The van der Waals surface area contributed by atoms with Gasteiger partial charge in [0.05, 0.1) is 13.0 Å². The van der Waals surface area contributed by atoms with Crippen LogP contribution in [0.3, 0.4) is 0 Å². The number of hydrogen-bond acceptors (Lipinski definition) is 3. The highest BCUT2D eigenvalue weighted by molar-refractivity contribution is 5.72. The van der Waals surface area contributed by atoms with Crippen LogP contribution in [0.1, 0.15) is 24.9 Å². The van der Waals surface area contributed by atoms with Gasteiger partial charge in [0.25, 0.3) is 0 Å². The van der Waals surface area contributed by atoms with E-state index in [0.29, 0.717) is 6.04 Å². The van der Waals surface area contributed by atoms with E-state index >= 15 is 0 Å². The second-order valence-corrected chi connectivity index (χ2v) is 4.59. The third kappa shape index (κ3) is 2.67. The molecule has 3 nitrogen and oxygen atoms in total. The van der Waals surface area contributed by atoms with E-state index in [4.69, 9.17) is 4.74 Å². The van der Waals surface area contributed by atoms with Crippen LogP contribution < -0.4 is 0 Å². The summed E-state index contributed by atoms with van der Waals surface area (Å²) in [6.07, 6.45) is 0.907. The number of ether oxygens (including phenoxy) is 1. The van der Waals surface area contributed by atoms with Crippen LogP contribution in [0.25, 0.3) is 0 Å². The first-order valence-corrected chi connectivity index (χ1v) is 6.09. The summed E-state index contributed by atoms with van der Waals surface area (Å²) in [5.41, 5.74) is 1.30. The van der Waals surface area contributed by atoms with Gasteiger partial charge in [0.1, 0.15) is 0 Å². The maximum atomic E-state index is 11.5. The summed E-state index contributed by atoms with van der Waals surface area (Å²) in [5, 5.41) is 0. The molecule has 92 valence electrons. The van der Waals surface area contributed by atoms with Gasteiger partial charge >= 0.3 is 5.97 Å². The van der Waals surface area contributed by atoms with Gasteiger partial charge in [-0.15, -0.1) is 0 Å². The maximum Gasteiger partial charge on any atom is 0.310 e. The topological polar surface area (TPSA) is 29.5 Å². The molecule has 1 aromatic rings. The molecule has 0 spiro atoms. The number of esters is 1. The Bertz CT molecular complexity index is 377. The predicted molar refractivity (Wildman–Crippen MR) is 66.6 cm³/mol. The molecule has 1 heterocycles. The smallest absolute Gasteiger partial charge is 0.310 e. The summed E-state index contributed by atoms with van der Waals surface area (Å²) in [4.78, 5) is 13.8. The van der Waals surface area contributed by atoms with Gasteiger partial charge in [-0.1, -0.05) is 30.3 Å². The number of methoxy groups -OCH3 is 1. The van der Waals surface area contributed by atoms with Crippen LogP contribution in [0.2, 0.25) is 0 Å². The first-order valence-electron chi connectivity index (χ1n) is 6.09. The minimum Gasteiger partial charge on any atom is -0.469 e. The highest BCUT2D eigenvalue weighted by Gasteiger charge is 2.31. The second kappa shape index (κ2) is 5.32. The minimum absolute atomic E-state index is 0.0474. The molecule has 1 fully saturated rings. The van der Waals surface area contributed by atoms with Crippen molar-refractivity contribution in [3.8, 4) is 0 Å². The largest absolute Gasteiger partial charge is 0.469 e. The van der Waals surface area contributed by atoms with Crippen molar-refractivity contribution < 1.29 is 9.53 Å². The van der Waals surface area contributed by atoms with E-state index in [1.54, 1.807) is 0 Å². The molecular weight excluding hydrogens is 214 g/mol. The monoisotopic (exact) mass is 233 g/mol. The van der Waals surface area contributed by atoms with Gasteiger partial charge in [0.2, 0.25) is 0 Å². The first kappa shape index (κ1) is 12.1. The second-order valence-electron chi connectivity index (χ2n) is 4.59. The molecule has 17 heavy (non-hydrogen) atoms. The molecule has 1 aliphatic rings. The molecule has 1 aromatic carbocycles. The van der Waals surface area contributed by atoms with Crippen LogP contribution >= 0.6 is 0 Å². The van der Waals surface area contributed by atoms with E-state index < -0.39 is 0 Å². The normalized spacial score (nSPS) is 22.4. The van der Waals surface area contributed by atoms with Crippen molar-refractivity contribution in [1.82, 2.24) is 4.90 Å². The summed E-state index contributed by atoms with van der Waals surface area (Å²) in [5.74, 6) is -0.0288. The Morgan fingerprint density at radius 2 is 2.12 bits per heavy atom. The summed E-state index contributed by atoms with van der Waals surface area (Å²) in [6.45, 7) is 3.97. The number of carbonyl (C=O) groups is 1. The lowest BCUT2D eigenvalue weighted by Crippen LogP contribution is -2.26. The van der Waals surface area contributed by atoms with E-state index in [0.717, 1.165) is 19.5 Å². The molecular formula is C14H19NO2. The van der Waals surface area contributed by atoms with Crippen LogP contribution in [-0.4, -0.2) is 31.1 Å². The standard InChI is InChI=1S/C14H19NO2/c1-11(12-6-4-3-5-7-12)15-9-8-13(10-15)14(16)17-2/h3-7,11,13H,8-10H2,1-2H3/t11-,13?/m0/s1. The van der Waals surface area contributed by atoms with E-state index in [-0.39, 0.29) is 11.9 Å². The third-order valence-electron chi connectivity index (χ3n) is 3.58. The lowest BCUT2D eigenvalue weighted by atomic mass is 10.1. The van der Waals surface area contributed by atoms with E-state index in [2.05, 4.69) is 36.1 Å². The molecule has 0 bridgehead atoms. The summed E-state index contributed by atoms with van der Waals surface area (Å²) < 4.78 is 4.80. The fourth-order valence-electron chi connectivity index (χ4n) is 2.44. The molecule has 2 atom stereocenters. The Kier molecular flexibility index (Phi) is 3.79. The number of benzene rings is 1. The lowest BCUT2D eigenvalue weighted by molar-refractivity contribution is -0.145. The first-order chi connectivity index (χ1) is 8.22. The maximum absolute atomic E-state index is 11.5. The van der Waals surface area contributed by atoms with Crippen molar-refractivity contribution in [3.05, 3.63) is 35.9 Å². The number of rotatable bonds is 3. The molecule has 0 amide bonds. The van der Waals surface area contributed by atoms with Crippen LogP contribution in [0.5, 0.6) is 0 Å². The SMILES string of the molecule is COC(=O)C1CCN([C@@H](C)c2ccccc2)C1. The molecule has 2 rings (SSSR count). The summed E-state index contributed by atoms with van der Waals surface area (Å²) in [6, 6.07) is 10.8. The molecule has 0 radical (unpaired) electrons. The molecule has 0 N–H and O–H groups in total. The van der Waals surface area contributed by atoms with Crippen molar-refractivity contribution in [2.75, 3.05) is 20.2 Å². The Morgan fingerprint density at radius 3 is 2.76 bits per heavy atom. The molecule has 1 saturated heterocycles. The zero-order chi connectivity index (χ0) is 12.3. The van der Waals surface area contributed by atoms with Gasteiger partial charge in [-0.3, -0.25) is 9.69 Å².